The minimum atomic E-state index is 0.422. The number of aryl methyl sites for hydroxylation is 2. The number of anilines is 12. The van der Waals surface area contributed by atoms with E-state index in [-0.39, 0.29) is 0 Å². The monoisotopic (exact) mass is 1930 g/mol. The molecule has 0 saturated carbocycles. The highest BCUT2D eigenvalue weighted by molar-refractivity contribution is 5.88. The van der Waals surface area contributed by atoms with Crippen molar-refractivity contribution in [2.24, 2.45) is 17.8 Å². The van der Waals surface area contributed by atoms with Crippen molar-refractivity contribution in [2.75, 3.05) is 19.6 Å². The normalized spacial score (nSPS) is 14.0. The quantitative estimate of drug-likeness (QED) is 0.0445. The molecule has 0 N–H and O–H groups in total. The third kappa shape index (κ3) is 21.5. The molecule has 4 nitrogen and oxygen atoms in total. The largest absolute Gasteiger partial charge is 0.311 e. The summed E-state index contributed by atoms with van der Waals surface area (Å²) in [6.07, 6.45) is 14.6. The van der Waals surface area contributed by atoms with Gasteiger partial charge in [0.2, 0.25) is 0 Å². The van der Waals surface area contributed by atoms with Crippen molar-refractivity contribution in [3.63, 3.8) is 0 Å². The van der Waals surface area contributed by atoms with Gasteiger partial charge in [0, 0.05) is 68.2 Å². The van der Waals surface area contributed by atoms with Crippen LogP contribution in [0.25, 0.3) is 111 Å². The number of para-hydroxylation sites is 2. The first-order valence-corrected chi connectivity index (χ1v) is 53.4. The topological polar surface area (TPSA) is 13.0 Å². The second kappa shape index (κ2) is 44.3. The molecule has 21 aromatic rings. The molecule has 0 heterocycles. The van der Waals surface area contributed by atoms with Crippen LogP contribution in [-0.2, 0) is 12.8 Å². The lowest BCUT2D eigenvalue weighted by molar-refractivity contribution is 0.397. The van der Waals surface area contributed by atoms with E-state index in [9.17, 15) is 0 Å². The van der Waals surface area contributed by atoms with Crippen molar-refractivity contribution in [3.05, 3.63) is 592 Å². The molecular weight excluding hydrogens is 1810 g/mol. The predicted octanol–water partition coefficient (Wildman–Crippen LogP) is 41.0. The van der Waals surface area contributed by atoms with Gasteiger partial charge in [-0.25, -0.2) is 0 Å². The van der Waals surface area contributed by atoms with E-state index in [0.717, 1.165) is 116 Å². The van der Waals surface area contributed by atoms with Crippen molar-refractivity contribution in [3.8, 4) is 111 Å². The molecular formula is C146H122N4. The van der Waals surface area contributed by atoms with Gasteiger partial charge in [-0.15, -0.1) is 0 Å². The summed E-state index contributed by atoms with van der Waals surface area (Å²) in [7, 11) is 0. The van der Waals surface area contributed by atoms with E-state index in [2.05, 4.69) is 605 Å². The Morgan fingerprint density at radius 2 is 0.353 bits per heavy atom. The van der Waals surface area contributed by atoms with Gasteiger partial charge in [0.1, 0.15) is 0 Å². The van der Waals surface area contributed by atoms with Crippen LogP contribution in [0.4, 0.5) is 68.2 Å². The highest BCUT2D eigenvalue weighted by Gasteiger charge is 2.29. The van der Waals surface area contributed by atoms with Gasteiger partial charge in [-0.1, -0.05) is 440 Å². The first-order chi connectivity index (χ1) is 73.9. The average molecular weight is 1930 g/mol. The Hall–Kier alpha value is -17.7. The van der Waals surface area contributed by atoms with Crippen LogP contribution >= 0.6 is 0 Å². The summed E-state index contributed by atoms with van der Waals surface area (Å²) in [4.78, 5) is 9.38. The van der Waals surface area contributed by atoms with E-state index in [0.29, 0.717) is 35.5 Å². The lowest BCUT2D eigenvalue weighted by Crippen LogP contribution is -2.20. The molecule has 21 aromatic carbocycles. The molecule has 0 amide bonds. The summed E-state index contributed by atoms with van der Waals surface area (Å²) < 4.78 is 0. The average Bonchev–Trinajstić information content (AvgIpc) is 0.792. The van der Waals surface area contributed by atoms with E-state index < -0.39 is 0 Å². The van der Waals surface area contributed by atoms with Crippen LogP contribution in [0.3, 0.4) is 0 Å². The van der Waals surface area contributed by atoms with Gasteiger partial charge >= 0.3 is 0 Å². The molecule has 150 heavy (non-hydrogen) atoms. The highest BCUT2D eigenvalue weighted by Crippen LogP contribution is 2.47. The number of benzene rings is 21. The molecule has 0 spiro atoms. The third-order valence-electron chi connectivity index (χ3n) is 31.2. The number of nitrogens with zero attached hydrogens (tertiary/aromatic N) is 4. The Morgan fingerprint density at radius 1 is 0.173 bits per heavy atom. The molecule has 0 aromatic heterocycles. The fourth-order valence-electron chi connectivity index (χ4n) is 22.6. The second-order valence-electron chi connectivity index (χ2n) is 40.9. The second-order valence-corrected chi connectivity index (χ2v) is 40.9. The first kappa shape index (κ1) is 95.8. The third-order valence-corrected chi connectivity index (χ3v) is 31.2. The Labute approximate surface area is 886 Å². The number of rotatable bonds is 30. The summed E-state index contributed by atoms with van der Waals surface area (Å²) in [5, 5.41) is 0. The SMILES string of the molecule is CC(C[C@H](C)c1ccc2c(c1)CCC1C=CC([C@H](C)C[C@H](C)c3ccc(-c4ccc(-c5ccc(N(c6ccccc6)c6ccc(-c7ccc(N(c8ccc(-c9ccccc9)cc8)c8ccc(-c9ccccc9)cc8)cc7)cc6)cc5)cc4)cc3)=CC1CC2)c1ccc(-c2ccc(-c3ccc(N(c4ccccc4)c4ccc(-c5ccc(N(c6ccc(-c7ccccc7)cc6)c6ccc(-c7ccccc7)cc6)cc5)cc4)cc3)cc2)cc1. The van der Waals surface area contributed by atoms with E-state index >= 15 is 0 Å². The van der Waals surface area contributed by atoms with Crippen LogP contribution in [0, 0.1) is 17.8 Å². The molecule has 2 aliphatic rings. The number of hydrogen-bond acceptors (Lipinski definition) is 4. The highest BCUT2D eigenvalue weighted by atomic mass is 15.2. The van der Waals surface area contributed by atoms with Crippen LogP contribution in [0.2, 0.25) is 0 Å². The van der Waals surface area contributed by atoms with Crippen molar-refractivity contribution in [1.82, 2.24) is 0 Å². The number of allylic oxidation sites excluding steroid dienone is 4. The Morgan fingerprint density at radius 3 is 0.600 bits per heavy atom. The summed E-state index contributed by atoms with van der Waals surface area (Å²) in [6.45, 7) is 9.73. The lowest BCUT2D eigenvalue weighted by atomic mass is 9.74. The summed E-state index contributed by atoms with van der Waals surface area (Å²) in [6, 6.07) is 198. The maximum absolute atomic E-state index is 2.68. The first-order valence-electron chi connectivity index (χ1n) is 53.4. The Balaban J connectivity index is 0.382. The van der Waals surface area contributed by atoms with Gasteiger partial charge in [-0.2, -0.15) is 0 Å². The fraction of sp³-hybridized carbons (Fsp3) is 0.110. The molecule has 0 aliphatic heterocycles. The zero-order valence-corrected chi connectivity index (χ0v) is 85.6. The van der Waals surface area contributed by atoms with E-state index in [4.69, 9.17) is 0 Å². The van der Waals surface area contributed by atoms with Crippen molar-refractivity contribution >= 4 is 68.2 Å². The maximum atomic E-state index is 2.68. The van der Waals surface area contributed by atoms with Crippen LogP contribution in [0.1, 0.15) is 98.9 Å². The minimum absolute atomic E-state index is 0.422. The maximum Gasteiger partial charge on any atom is 0.0462 e. The zero-order chi connectivity index (χ0) is 101. The standard InChI is InChI=1S/C146H122N4/c1-103(107-35-39-113(40-36-107)115-43-47-117(48-44-115)123-67-87-137(88-68-123)147(135-31-19-9-20-32-135)139-91-71-125(72-92-139)127-75-95-145(96-76-127)149(141-79-59-119(60-80-141)109-23-11-5-12-24-109)142-81-61-120(62-82-142)110-25-13-6-14-26-110)99-105(3)131-55-51-129-54-58-134-102-132(56-52-130(134)53-57-133(129)101-131)106(4)100-104(2)108-37-41-114(42-38-108)116-45-49-118(50-46-116)124-69-89-138(90-70-124)148(136-33-21-10-22-34-136)140-93-73-126(74-94-140)128-77-97-146(98-78-128)150(143-83-63-121(64-84-143)111-27-15-7-16-28-111)144-85-65-122(66-86-144)112-29-17-8-18-30-112/h5-52,55-56,59-98,101-106,129,133H,53-54,57-58,99-100H2,1-4H3/t103-,104?,105+,106-,129?,133?/m0/s1. The van der Waals surface area contributed by atoms with Crippen LogP contribution in [-0.4, -0.2) is 0 Å². The van der Waals surface area contributed by atoms with Gasteiger partial charge in [0.25, 0.3) is 0 Å². The molecule has 0 fully saturated rings. The predicted molar refractivity (Wildman–Crippen MR) is 637 cm³/mol. The van der Waals surface area contributed by atoms with Gasteiger partial charge in [0.05, 0.1) is 0 Å². The van der Waals surface area contributed by atoms with Crippen molar-refractivity contribution < 1.29 is 0 Å². The summed E-state index contributed by atoms with van der Waals surface area (Å²) >= 11 is 0. The van der Waals surface area contributed by atoms with E-state index in [1.807, 2.05) is 0 Å². The molecule has 726 valence electrons. The smallest absolute Gasteiger partial charge is 0.0462 e. The van der Waals surface area contributed by atoms with Gasteiger partial charge < -0.3 is 19.6 Å². The molecule has 6 atom stereocenters. The fourth-order valence-corrected chi connectivity index (χ4v) is 22.6. The summed E-state index contributed by atoms with van der Waals surface area (Å²) in [5.41, 5.74) is 45.9. The van der Waals surface area contributed by atoms with E-state index in [1.54, 1.807) is 11.1 Å². The van der Waals surface area contributed by atoms with Gasteiger partial charge in [-0.05, 0) is 364 Å². The number of fused-ring (bicyclic) bond motifs is 2. The lowest BCUT2D eigenvalue weighted by Gasteiger charge is -2.31. The number of hydrogen-bond donors (Lipinski definition) is 0. The molecule has 0 bridgehead atoms. The molecule has 3 unspecified atom stereocenters. The van der Waals surface area contributed by atoms with Gasteiger partial charge in [0.15, 0.2) is 0 Å². The molecule has 2 aliphatic carbocycles. The molecule has 4 heteroatoms. The Bertz CT molecular complexity index is 7970. The van der Waals surface area contributed by atoms with Crippen molar-refractivity contribution in [1.29, 1.82) is 0 Å². The molecule has 23 rings (SSSR count). The molecule has 0 radical (unpaired) electrons. The van der Waals surface area contributed by atoms with E-state index in [1.165, 1.54) is 124 Å². The zero-order valence-electron chi connectivity index (χ0n) is 85.6. The van der Waals surface area contributed by atoms with Crippen LogP contribution in [0.15, 0.2) is 564 Å². The minimum Gasteiger partial charge on any atom is -0.311 e. The Kier molecular flexibility index (Phi) is 28.3. The van der Waals surface area contributed by atoms with Crippen LogP contribution in [0.5, 0.6) is 0 Å². The van der Waals surface area contributed by atoms with Crippen LogP contribution < -0.4 is 19.6 Å². The molecule has 0 saturated heterocycles. The van der Waals surface area contributed by atoms with Crippen molar-refractivity contribution in [2.45, 2.75) is 84.0 Å². The van der Waals surface area contributed by atoms with Gasteiger partial charge in [-0.3, -0.25) is 0 Å². The summed E-state index contributed by atoms with van der Waals surface area (Å²) in [5.74, 6) is 2.91.